The van der Waals surface area contributed by atoms with Crippen LogP contribution in [0, 0.1) is 0 Å². The van der Waals surface area contributed by atoms with Gasteiger partial charge in [0.15, 0.2) is 0 Å². The van der Waals surface area contributed by atoms with Gasteiger partial charge in [0.2, 0.25) is 0 Å². The largest absolute Gasteiger partial charge is 0.464 e. The van der Waals surface area contributed by atoms with Crippen molar-refractivity contribution in [2.75, 3.05) is 12.4 Å². The van der Waals surface area contributed by atoms with Gasteiger partial charge in [0.25, 0.3) is 0 Å². The number of esters is 1. The Bertz CT molecular complexity index is 298. The fourth-order valence-corrected chi connectivity index (χ4v) is 3.36. The quantitative estimate of drug-likeness (QED) is 0.374. The van der Waals surface area contributed by atoms with E-state index in [0.717, 1.165) is 16.5 Å². The summed E-state index contributed by atoms with van der Waals surface area (Å²) in [7, 11) is 0. The van der Waals surface area contributed by atoms with Gasteiger partial charge in [-0.2, -0.15) is 0 Å². The van der Waals surface area contributed by atoms with Gasteiger partial charge < -0.3 is 10.1 Å². The predicted octanol–water partition coefficient (Wildman–Crippen LogP) is 4.05. The zero-order chi connectivity index (χ0) is 14.6. The Morgan fingerprint density at radius 1 is 1.25 bits per heavy atom. The standard InChI is InChI=1S/C15H27NO2S2/c1-2-3-4-5-6-7-8-9-12-20-15(19)16-13-10-11-18-14(13)17/h13H,2-12H2,1H3,(H,16,19)/t13-/m0/s1. The van der Waals surface area contributed by atoms with Crippen molar-refractivity contribution in [1.29, 1.82) is 0 Å². The molecule has 20 heavy (non-hydrogen) atoms. The van der Waals surface area contributed by atoms with Crippen molar-refractivity contribution in [1.82, 2.24) is 5.32 Å². The minimum absolute atomic E-state index is 0.167. The van der Waals surface area contributed by atoms with Crippen molar-refractivity contribution in [3.63, 3.8) is 0 Å². The van der Waals surface area contributed by atoms with Crippen LogP contribution in [0.4, 0.5) is 0 Å². The van der Waals surface area contributed by atoms with Crippen molar-refractivity contribution in [2.45, 2.75) is 70.8 Å². The SMILES string of the molecule is CCCCCCCCCCSC(=S)N[C@H]1CCOC1=O. The first-order valence-corrected chi connectivity index (χ1v) is 9.23. The molecule has 1 rings (SSSR count). The maximum atomic E-state index is 11.3. The van der Waals surface area contributed by atoms with E-state index in [-0.39, 0.29) is 12.0 Å². The fraction of sp³-hybridized carbons (Fsp3) is 0.867. The molecule has 0 aromatic rings. The number of carbonyl (C=O) groups is 1. The molecule has 1 heterocycles. The van der Waals surface area contributed by atoms with Crippen LogP contribution in [-0.4, -0.2) is 28.7 Å². The third-order valence-electron chi connectivity index (χ3n) is 3.46. The molecule has 1 N–H and O–H groups in total. The van der Waals surface area contributed by atoms with E-state index < -0.39 is 0 Å². The highest BCUT2D eigenvalue weighted by Crippen LogP contribution is 2.13. The summed E-state index contributed by atoms with van der Waals surface area (Å²) < 4.78 is 5.63. The molecule has 3 nitrogen and oxygen atoms in total. The number of cyclic esters (lactones) is 1. The molecule has 0 aromatic carbocycles. The minimum atomic E-state index is -0.214. The maximum Gasteiger partial charge on any atom is 0.328 e. The van der Waals surface area contributed by atoms with E-state index >= 15 is 0 Å². The monoisotopic (exact) mass is 317 g/mol. The van der Waals surface area contributed by atoms with E-state index in [0.29, 0.717) is 6.61 Å². The molecule has 0 bridgehead atoms. The number of nitrogens with one attached hydrogen (secondary N) is 1. The van der Waals surface area contributed by atoms with Crippen LogP contribution >= 0.6 is 24.0 Å². The first-order chi connectivity index (χ1) is 9.74. The number of hydrogen-bond donors (Lipinski definition) is 1. The van der Waals surface area contributed by atoms with Gasteiger partial charge in [0.05, 0.1) is 6.61 Å². The van der Waals surface area contributed by atoms with Crippen LogP contribution in [0.3, 0.4) is 0 Å². The summed E-state index contributed by atoms with van der Waals surface area (Å²) >= 11 is 6.89. The lowest BCUT2D eigenvalue weighted by Gasteiger charge is -2.10. The number of rotatable bonds is 10. The van der Waals surface area contributed by atoms with Gasteiger partial charge in [0.1, 0.15) is 10.4 Å². The third kappa shape index (κ3) is 8.10. The average Bonchev–Trinajstić information content (AvgIpc) is 2.82. The Kier molecular flexibility index (Phi) is 10.1. The summed E-state index contributed by atoms with van der Waals surface area (Å²) in [5.74, 6) is 0.878. The summed E-state index contributed by atoms with van der Waals surface area (Å²) in [6.07, 6.45) is 11.4. The molecule has 0 amide bonds. The number of carbonyl (C=O) groups excluding carboxylic acids is 1. The molecule has 0 saturated carbocycles. The van der Waals surface area contributed by atoms with Crippen molar-refractivity contribution in [3.05, 3.63) is 0 Å². The van der Waals surface area contributed by atoms with Gasteiger partial charge in [-0.15, -0.1) is 0 Å². The van der Waals surface area contributed by atoms with Gasteiger partial charge in [-0.25, -0.2) is 4.79 Å². The van der Waals surface area contributed by atoms with Crippen LogP contribution in [0.5, 0.6) is 0 Å². The van der Waals surface area contributed by atoms with E-state index in [1.165, 1.54) is 51.4 Å². The van der Waals surface area contributed by atoms with Crippen molar-refractivity contribution in [2.24, 2.45) is 0 Å². The van der Waals surface area contributed by atoms with Crippen LogP contribution in [0.1, 0.15) is 64.7 Å². The number of thioether (sulfide) groups is 1. The highest BCUT2D eigenvalue weighted by Gasteiger charge is 2.26. The molecule has 1 fully saturated rings. The molecule has 0 unspecified atom stereocenters. The molecule has 0 spiro atoms. The number of thiocarbonyl (C=S) groups is 1. The normalized spacial score (nSPS) is 18.1. The van der Waals surface area contributed by atoms with Crippen LogP contribution in [0.2, 0.25) is 0 Å². The Balaban J connectivity index is 1.88. The summed E-state index contributed by atoms with van der Waals surface area (Å²) in [6, 6.07) is -0.214. The molecule has 1 aliphatic heterocycles. The Hall–Kier alpha value is -0.290. The van der Waals surface area contributed by atoms with Crippen molar-refractivity contribution in [3.8, 4) is 0 Å². The zero-order valence-electron chi connectivity index (χ0n) is 12.5. The van der Waals surface area contributed by atoms with Crippen LogP contribution in [0.15, 0.2) is 0 Å². The number of ether oxygens (including phenoxy) is 1. The van der Waals surface area contributed by atoms with E-state index in [9.17, 15) is 4.79 Å². The smallest absolute Gasteiger partial charge is 0.328 e. The fourth-order valence-electron chi connectivity index (χ4n) is 2.21. The Labute approximate surface area is 132 Å². The molecule has 1 saturated heterocycles. The number of unbranched alkanes of at least 4 members (excludes halogenated alkanes) is 7. The Morgan fingerprint density at radius 3 is 2.50 bits per heavy atom. The average molecular weight is 318 g/mol. The lowest BCUT2D eigenvalue weighted by atomic mass is 10.1. The van der Waals surface area contributed by atoms with Gasteiger partial charge >= 0.3 is 5.97 Å². The first kappa shape index (κ1) is 17.8. The first-order valence-electron chi connectivity index (χ1n) is 7.84. The van der Waals surface area contributed by atoms with Gasteiger partial charge in [-0.3, -0.25) is 0 Å². The summed E-state index contributed by atoms with van der Waals surface area (Å²) in [5, 5.41) is 3.07. The lowest BCUT2D eigenvalue weighted by molar-refractivity contribution is -0.139. The summed E-state index contributed by atoms with van der Waals surface area (Å²) in [6.45, 7) is 2.77. The Morgan fingerprint density at radius 2 is 1.90 bits per heavy atom. The van der Waals surface area contributed by atoms with Gasteiger partial charge in [-0.05, 0) is 6.42 Å². The van der Waals surface area contributed by atoms with Gasteiger partial charge in [0, 0.05) is 12.2 Å². The van der Waals surface area contributed by atoms with Gasteiger partial charge in [-0.1, -0.05) is 75.8 Å². The third-order valence-corrected chi connectivity index (χ3v) is 4.80. The van der Waals surface area contributed by atoms with Crippen LogP contribution in [0.25, 0.3) is 0 Å². The van der Waals surface area contributed by atoms with E-state index in [2.05, 4.69) is 12.2 Å². The highest BCUT2D eigenvalue weighted by molar-refractivity contribution is 8.22. The second kappa shape index (κ2) is 11.4. The molecule has 1 atom stereocenters. The van der Waals surface area contributed by atoms with Crippen molar-refractivity contribution < 1.29 is 9.53 Å². The second-order valence-corrected chi connectivity index (χ2v) is 7.04. The zero-order valence-corrected chi connectivity index (χ0v) is 14.1. The lowest BCUT2D eigenvalue weighted by Crippen LogP contribution is -2.35. The highest BCUT2D eigenvalue weighted by atomic mass is 32.2. The molecule has 5 heteroatoms. The molecular weight excluding hydrogens is 290 g/mol. The summed E-state index contributed by atoms with van der Waals surface area (Å²) in [4.78, 5) is 11.3. The van der Waals surface area contributed by atoms with Crippen LogP contribution < -0.4 is 5.32 Å². The molecule has 116 valence electrons. The van der Waals surface area contributed by atoms with E-state index in [1.54, 1.807) is 11.8 Å². The molecule has 0 aliphatic carbocycles. The van der Waals surface area contributed by atoms with E-state index in [1.807, 2.05) is 0 Å². The maximum absolute atomic E-state index is 11.3. The predicted molar refractivity (Wildman–Crippen MR) is 90.2 cm³/mol. The van der Waals surface area contributed by atoms with E-state index in [4.69, 9.17) is 17.0 Å². The van der Waals surface area contributed by atoms with Crippen LogP contribution in [-0.2, 0) is 9.53 Å². The molecule has 0 radical (unpaired) electrons. The number of hydrogen-bond acceptors (Lipinski definition) is 4. The topological polar surface area (TPSA) is 38.3 Å². The molecule has 1 aliphatic rings. The second-order valence-electron chi connectivity index (χ2n) is 5.26. The summed E-state index contributed by atoms with van der Waals surface area (Å²) in [5.41, 5.74) is 0. The molecule has 0 aromatic heterocycles. The minimum Gasteiger partial charge on any atom is -0.464 e. The molecular formula is C15H27NO2S2. The van der Waals surface area contributed by atoms with Crippen molar-refractivity contribution >= 4 is 34.3 Å².